The smallest absolute Gasteiger partial charge is 0.224 e. The molecule has 4 nitrogen and oxygen atoms in total. The first kappa shape index (κ1) is 11.5. The lowest BCUT2D eigenvalue weighted by molar-refractivity contribution is -0.122. The van der Waals surface area contributed by atoms with Crippen LogP contribution in [0, 0.1) is 11.8 Å². The monoisotopic (exact) mass is 237 g/mol. The third-order valence-corrected chi connectivity index (χ3v) is 4.94. The van der Waals surface area contributed by atoms with Gasteiger partial charge in [-0.15, -0.1) is 0 Å². The fraction of sp³-hybridized carbons (Fsp3) is 0.923. The van der Waals surface area contributed by atoms with Gasteiger partial charge in [-0.2, -0.15) is 0 Å². The van der Waals surface area contributed by atoms with Gasteiger partial charge in [-0.25, -0.2) is 0 Å². The zero-order valence-corrected chi connectivity index (χ0v) is 10.6. The standard InChI is InChI=1S/C13H23N3O/c1-16-9-2-3-10(16)5-8(4-9)7-15-13(17)11-6-12(11)14/h8-12H,2-7,14H2,1H3,(H,15,17). The minimum Gasteiger partial charge on any atom is -0.356 e. The highest BCUT2D eigenvalue weighted by atomic mass is 16.2. The molecule has 3 fully saturated rings. The van der Waals surface area contributed by atoms with E-state index in [2.05, 4.69) is 17.3 Å². The molecule has 3 N–H and O–H groups in total. The molecule has 2 heterocycles. The number of nitrogens with zero attached hydrogens (tertiary/aromatic N) is 1. The van der Waals surface area contributed by atoms with Crippen molar-refractivity contribution in [3.05, 3.63) is 0 Å². The molecule has 1 aliphatic carbocycles. The highest BCUT2D eigenvalue weighted by Gasteiger charge is 2.41. The molecule has 4 atom stereocenters. The van der Waals surface area contributed by atoms with E-state index in [4.69, 9.17) is 5.73 Å². The summed E-state index contributed by atoms with van der Waals surface area (Å²) in [6.07, 6.45) is 6.08. The molecule has 2 bridgehead atoms. The Labute approximate surface area is 103 Å². The molecule has 4 heteroatoms. The number of nitrogens with two attached hydrogens (primary N) is 1. The molecule has 17 heavy (non-hydrogen) atoms. The summed E-state index contributed by atoms with van der Waals surface area (Å²) in [7, 11) is 2.25. The van der Waals surface area contributed by atoms with Crippen molar-refractivity contribution in [2.75, 3.05) is 13.6 Å². The summed E-state index contributed by atoms with van der Waals surface area (Å²) in [4.78, 5) is 14.2. The van der Waals surface area contributed by atoms with E-state index in [1.54, 1.807) is 0 Å². The van der Waals surface area contributed by atoms with Crippen LogP contribution in [0.2, 0.25) is 0 Å². The van der Waals surface area contributed by atoms with Crippen LogP contribution in [0.25, 0.3) is 0 Å². The van der Waals surface area contributed by atoms with E-state index in [0.717, 1.165) is 25.0 Å². The average molecular weight is 237 g/mol. The number of fused-ring (bicyclic) bond motifs is 2. The minimum absolute atomic E-state index is 0.109. The lowest BCUT2D eigenvalue weighted by Crippen LogP contribution is -2.43. The van der Waals surface area contributed by atoms with Gasteiger partial charge in [0.05, 0.1) is 5.92 Å². The molecule has 0 radical (unpaired) electrons. The van der Waals surface area contributed by atoms with Gasteiger partial charge < -0.3 is 16.0 Å². The van der Waals surface area contributed by atoms with Crippen LogP contribution in [0.4, 0.5) is 0 Å². The van der Waals surface area contributed by atoms with E-state index in [0.29, 0.717) is 5.92 Å². The van der Waals surface area contributed by atoms with Crippen LogP contribution in [-0.2, 0) is 4.79 Å². The van der Waals surface area contributed by atoms with Crippen LogP contribution in [0.5, 0.6) is 0 Å². The summed E-state index contributed by atoms with van der Waals surface area (Å²) in [6.45, 7) is 0.864. The Kier molecular flexibility index (Phi) is 2.87. The average Bonchev–Trinajstić information content (AvgIpc) is 3.00. The summed E-state index contributed by atoms with van der Waals surface area (Å²) in [5.74, 6) is 0.976. The minimum atomic E-state index is 0.109. The normalized spacial score (nSPS) is 44.7. The molecule has 3 aliphatic rings. The molecule has 0 spiro atoms. The van der Waals surface area contributed by atoms with E-state index in [1.165, 1.54) is 25.7 Å². The van der Waals surface area contributed by atoms with Crippen molar-refractivity contribution in [2.24, 2.45) is 17.6 Å². The van der Waals surface area contributed by atoms with E-state index in [-0.39, 0.29) is 17.9 Å². The van der Waals surface area contributed by atoms with Crippen LogP contribution in [0.15, 0.2) is 0 Å². The Hall–Kier alpha value is -0.610. The number of hydrogen-bond acceptors (Lipinski definition) is 3. The zero-order valence-electron chi connectivity index (χ0n) is 10.6. The number of carbonyl (C=O) groups is 1. The molecule has 0 aromatic heterocycles. The highest BCUT2D eigenvalue weighted by molar-refractivity contribution is 5.82. The van der Waals surface area contributed by atoms with E-state index in [9.17, 15) is 4.79 Å². The maximum atomic E-state index is 11.7. The van der Waals surface area contributed by atoms with E-state index < -0.39 is 0 Å². The van der Waals surface area contributed by atoms with Gasteiger partial charge in [0.2, 0.25) is 5.91 Å². The molecule has 0 aromatic rings. The summed E-state index contributed by atoms with van der Waals surface area (Å²) in [6, 6.07) is 1.65. The topological polar surface area (TPSA) is 58.4 Å². The predicted molar refractivity (Wildman–Crippen MR) is 66.4 cm³/mol. The second-order valence-electron chi connectivity index (χ2n) is 6.14. The van der Waals surface area contributed by atoms with Crippen LogP contribution >= 0.6 is 0 Å². The molecule has 2 aliphatic heterocycles. The van der Waals surface area contributed by atoms with Crippen molar-refractivity contribution in [1.82, 2.24) is 10.2 Å². The van der Waals surface area contributed by atoms with E-state index in [1.807, 2.05) is 0 Å². The molecule has 96 valence electrons. The number of hydrogen-bond donors (Lipinski definition) is 2. The van der Waals surface area contributed by atoms with Crippen molar-refractivity contribution < 1.29 is 4.79 Å². The predicted octanol–water partition coefficient (Wildman–Crippen LogP) is 0.323. The van der Waals surface area contributed by atoms with Crippen LogP contribution < -0.4 is 11.1 Å². The van der Waals surface area contributed by atoms with Gasteiger partial charge in [-0.1, -0.05) is 0 Å². The van der Waals surface area contributed by atoms with Crippen LogP contribution in [0.1, 0.15) is 32.1 Å². The molecular formula is C13H23N3O. The Morgan fingerprint density at radius 1 is 1.29 bits per heavy atom. The Morgan fingerprint density at radius 2 is 1.88 bits per heavy atom. The summed E-state index contributed by atoms with van der Waals surface area (Å²) < 4.78 is 0. The maximum Gasteiger partial charge on any atom is 0.224 e. The van der Waals surface area contributed by atoms with Crippen LogP contribution in [-0.4, -0.2) is 42.5 Å². The quantitative estimate of drug-likeness (QED) is 0.743. The first-order valence-electron chi connectivity index (χ1n) is 6.90. The number of piperidine rings is 1. The van der Waals surface area contributed by atoms with Crippen molar-refractivity contribution in [3.63, 3.8) is 0 Å². The van der Waals surface area contributed by atoms with Crippen molar-refractivity contribution in [1.29, 1.82) is 0 Å². The number of nitrogens with one attached hydrogen (secondary N) is 1. The maximum absolute atomic E-state index is 11.7. The van der Waals surface area contributed by atoms with Gasteiger partial charge in [-0.3, -0.25) is 4.79 Å². The Morgan fingerprint density at radius 3 is 2.41 bits per heavy atom. The fourth-order valence-corrected chi connectivity index (χ4v) is 3.58. The van der Waals surface area contributed by atoms with Gasteiger partial charge in [0.1, 0.15) is 0 Å². The Balaban J connectivity index is 1.46. The van der Waals surface area contributed by atoms with Crippen molar-refractivity contribution in [2.45, 2.75) is 50.2 Å². The number of carbonyl (C=O) groups excluding carboxylic acids is 1. The van der Waals surface area contributed by atoms with Gasteiger partial charge in [0.15, 0.2) is 0 Å². The van der Waals surface area contributed by atoms with Gasteiger partial charge in [0.25, 0.3) is 0 Å². The zero-order chi connectivity index (χ0) is 12.0. The second kappa shape index (κ2) is 4.25. The Bertz CT molecular complexity index is 306. The van der Waals surface area contributed by atoms with Crippen molar-refractivity contribution >= 4 is 5.91 Å². The summed E-state index contributed by atoms with van der Waals surface area (Å²) >= 11 is 0. The fourth-order valence-electron chi connectivity index (χ4n) is 3.58. The van der Waals surface area contributed by atoms with Gasteiger partial charge >= 0.3 is 0 Å². The van der Waals surface area contributed by atoms with Crippen LogP contribution in [0.3, 0.4) is 0 Å². The lowest BCUT2D eigenvalue weighted by Gasteiger charge is -2.36. The molecule has 2 saturated heterocycles. The molecule has 1 amide bonds. The lowest BCUT2D eigenvalue weighted by atomic mass is 9.91. The largest absolute Gasteiger partial charge is 0.356 e. The number of rotatable bonds is 3. The van der Waals surface area contributed by atoms with Gasteiger partial charge in [-0.05, 0) is 45.1 Å². The molecule has 4 unspecified atom stereocenters. The molecule has 0 aromatic carbocycles. The third-order valence-electron chi connectivity index (χ3n) is 4.94. The molecule has 1 saturated carbocycles. The van der Waals surface area contributed by atoms with E-state index >= 15 is 0 Å². The SMILES string of the molecule is CN1C2CCC1CC(CNC(=O)C1CC1N)C2. The van der Waals surface area contributed by atoms with Crippen molar-refractivity contribution in [3.8, 4) is 0 Å². The molecular weight excluding hydrogens is 214 g/mol. The summed E-state index contributed by atoms with van der Waals surface area (Å²) in [5, 5.41) is 3.09. The number of amides is 1. The first-order chi connectivity index (χ1) is 8.15. The first-order valence-corrected chi connectivity index (χ1v) is 6.90. The molecule has 3 rings (SSSR count). The van der Waals surface area contributed by atoms with Gasteiger partial charge in [0, 0.05) is 24.7 Å². The third kappa shape index (κ3) is 2.20. The second-order valence-corrected chi connectivity index (χ2v) is 6.14. The highest BCUT2D eigenvalue weighted by Crippen LogP contribution is 2.37. The summed E-state index contributed by atoms with van der Waals surface area (Å²) in [5.41, 5.74) is 5.68.